The molecule has 0 spiro atoms. The molecule has 1 saturated heterocycles. The Balaban J connectivity index is 1.71. The van der Waals surface area contributed by atoms with Crippen LogP contribution in [0.25, 0.3) is 0 Å². The van der Waals surface area contributed by atoms with E-state index in [1.807, 2.05) is 36.6 Å². The van der Waals surface area contributed by atoms with Gasteiger partial charge in [-0.3, -0.25) is 24.2 Å². The normalized spacial score (nSPS) is 17.2. The minimum absolute atomic E-state index is 0.0760. The maximum atomic E-state index is 14.1. The number of pyridine rings is 1. The van der Waals surface area contributed by atoms with Crippen LogP contribution in [0.1, 0.15) is 32.7 Å². The third-order valence-electron chi connectivity index (χ3n) is 7.17. The number of aromatic nitrogens is 1. The third-order valence-corrected chi connectivity index (χ3v) is 7.81. The van der Waals surface area contributed by atoms with Gasteiger partial charge >= 0.3 is 0 Å². The number of carbonyl (C=O) groups is 4. The Morgan fingerprint density at radius 1 is 1.10 bits per heavy atom. The van der Waals surface area contributed by atoms with Gasteiger partial charge in [-0.25, -0.2) is 4.39 Å². The van der Waals surface area contributed by atoms with Crippen LogP contribution >= 0.6 is 11.8 Å². The molecule has 0 bridgehead atoms. The van der Waals surface area contributed by atoms with Gasteiger partial charge in [0.25, 0.3) is 5.91 Å². The fourth-order valence-electron chi connectivity index (χ4n) is 4.81. The van der Waals surface area contributed by atoms with Crippen LogP contribution in [-0.2, 0) is 16.0 Å². The van der Waals surface area contributed by atoms with Gasteiger partial charge in [-0.05, 0) is 66.8 Å². The summed E-state index contributed by atoms with van der Waals surface area (Å²) in [6.07, 6.45) is 5.25. The Kier molecular flexibility index (Phi) is 9.85. The van der Waals surface area contributed by atoms with Gasteiger partial charge in [-0.2, -0.15) is 11.8 Å². The summed E-state index contributed by atoms with van der Waals surface area (Å²) in [5.41, 5.74) is 6.00. The van der Waals surface area contributed by atoms with Crippen LogP contribution in [0.2, 0.25) is 0 Å². The first-order valence-electron chi connectivity index (χ1n) is 13.2. The second-order valence-corrected chi connectivity index (χ2v) is 10.9. The molecule has 2 heterocycles. The standard InChI is InChI=1S/C30H32FN5O4S/c1-41-15-13-25(35-27(38)21-8-5-14-33-17-21)29(40)36-30(32,26(37)20-9-11-22(31)12-10-20)24(23-18-34-28(23)39)16-19-6-3-2-4-7-19/h2-12,14,17,23-25H,13,15-16,18,32H2,1H3,(H,34,39)(H,35,38)(H,36,40). The lowest BCUT2D eigenvalue weighted by molar-refractivity contribution is -0.136. The number of benzene rings is 2. The minimum atomic E-state index is -2.07. The number of hydrogen-bond acceptors (Lipinski definition) is 7. The molecular weight excluding hydrogens is 545 g/mol. The highest BCUT2D eigenvalue weighted by atomic mass is 32.2. The Morgan fingerprint density at radius 3 is 2.41 bits per heavy atom. The zero-order valence-corrected chi connectivity index (χ0v) is 23.3. The molecule has 11 heteroatoms. The summed E-state index contributed by atoms with van der Waals surface area (Å²) in [6.45, 7) is 0.273. The number of Topliss-reactive ketones (excluding diaryl/α,β-unsaturated/α-hetero) is 1. The van der Waals surface area contributed by atoms with Crippen molar-refractivity contribution in [2.75, 3.05) is 18.6 Å². The summed E-state index contributed by atoms with van der Waals surface area (Å²) in [7, 11) is 0. The van der Waals surface area contributed by atoms with Crippen LogP contribution in [0.3, 0.4) is 0 Å². The fourth-order valence-corrected chi connectivity index (χ4v) is 5.28. The molecule has 0 radical (unpaired) electrons. The molecule has 1 aliphatic heterocycles. The van der Waals surface area contributed by atoms with Gasteiger partial charge in [0.1, 0.15) is 11.9 Å². The molecule has 4 atom stereocenters. The number of amides is 3. The Labute approximate surface area is 241 Å². The lowest BCUT2D eigenvalue weighted by atomic mass is 9.71. The van der Waals surface area contributed by atoms with Crippen molar-refractivity contribution in [1.82, 2.24) is 20.9 Å². The number of nitrogens with two attached hydrogens (primary N) is 1. The summed E-state index contributed by atoms with van der Waals surface area (Å²) in [5.74, 6) is -3.66. The minimum Gasteiger partial charge on any atom is -0.355 e. The SMILES string of the molecule is CSCCC(NC(=O)c1cccnc1)C(=O)NC(N)(C(=O)c1ccc(F)cc1)C(Cc1ccccc1)C1CNC1=O. The van der Waals surface area contributed by atoms with Crippen molar-refractivity contribution in [1.29, 1.82) is 0 Å². The Hall–Kier alpha value is -4.09. The van der Waals surface area contributed by atoms with Crippen LogP contribution in [0.15, 0.2) is 79.1 Å². The van der Waals surface area contributed by atoms with Crippen molar-refractivity contribution in [3.63, 3.8) is 0 Å². The molecule has 1 aliphatic rings. The summed E-state index contributed by atoms with van der Waals surface area (Å²) >= 11 is 1.49. The molecule has 0 saturated carbocycles. The van der Waals surface area contributed by atoms with Gasteiger partial charge in [-0.1, -0.05) is 30.3 Å². The van der Waals surface area contributed by atoms with E-state index in [9.17, 15) is 23.6 Å². The number of nitrogens with one attached hydrogen (secondary N) is 3. The van der Waals surface area contributed by atoms with Crippen molar-refractivity contribution in [2.45, 2.75) is 24.5 Å². The van der Waals surface area contributed by atoms with Gasteiger partial charge in [0, 0.05) is 30.4 Å². The summed E-state index contributed by atoms with van der Waals surface area (Å²) in [5, 5.41) is 8.17. The summed E-state index contributed by atoms with van der Waals surface area (Å²) in [6, 6.07) is 16.2. The zero-order valence-electron chi connectivity index (χ0n) is 22.5. The highest BCUT2D eigenvalue weighted by Crippen LogP contribution is 2.32. The van der Waals surface area contributed by atoms with Gasteiger partial charge < -0.3 is 21.7 Å². The first kappa shape index (κ1) is 29.9. The molecule has 1 aromatic heterocycles. The van der Waals surface area contributed by atoms with E-state index >= 15 is 0 Å². The molecule has 2 aromatic carbocycles. The predicted molar refractivity (Wildman–Crippen MR) is 154 cm³/mol. The van der Waals surface area contributed by atoms with E-state index < -0.39 is 47.0 Å². The van der Waals surface area contributed by atoms with Crippen LogP contribution in [-0.4, -0.2) is 58.7 Å². The number of rotatable bonds is 13. The number of β-lactam (4-membered cyclic amide) rings is 1. The van der Waals surface area contributed by atoms with Crippen molar-refractivity contribution < 1.29 is 23.6 Å². The quantitative estimate of drug-likeness (QED) is 0.139. The molecule has 9 nitrogen and oxygen atoms in total. The average Bonchev–Trinajstić information content (AvgIpc) is 2.98. The van der Waals surface area contributed by atoms with Gasteiger partial charge in [0.15, 0.2) is 5.66 Å². The van der Waals surface area contributed by atoms with Crippen molar-refractivity contribution in [3.8, 4) is 0 Å². The first-order chi connectivity index (χ1) is 19.7. The predicted octanol–water partition coefficient (Wildman–Crippen LogP) is 2.33. The van der Waals surface area contributed by atoms with E-state index in [0.29, 0.717) is 5.75 Å². The van der Waals surface area contributed by atoms with E-state index in [1.54, 1.807) is 12.1 Å². The smallest absolute Gasteiger partial charge is 0.253 e. The fraction of sp³-hybridized carbons (Fsp3) is 0.300. The maximum absolute atomic E-state index is 14.1. The number of nitrogens with zero attached hydrogens (tertiary/aromatic N) is 1. The van der Waals surface area contributed by atoms with E-state index in [1.165, 1.54) is 36.3 Å². The molecule has 4 unspecified atom stereocenters. The Bertz CT molecular complexity index is 1380. The van der Waals surface area contributed by atoms with Crippen LogP contribution in [0.4, 0.5) is 4.39 Å². The largest absolute Gasteiger partial charge is 0.355 e. The summed E-state index contributed by atoms with van der Waals surface area (Å²) < 4.78 is 13.7. The molecular formula is C30H32FN5O4S. The highest BCUT2D eigenvalue weighted by Gasteiger charge is 2.52. The molecule has 4 rings (SSSR count). The van der Waals surface area contributed by atoms with E-state index in [0.717, 1.165) is 17.7 Å². The molecule has 214 valence electrons. The molecule has 3 amide bonds. The van der Waals surface area contributed by atoms with Crippen molar-refractivity contribution in [2.24, 2.45) is 17.6 Å². The molecule has 41 heavy (non-hydrogen) atoms. The zero-order chi connectivity index (χ0) is 29.4. The van der Waals surface area contributed by atoms with Crippen LogP contribution in [0.5, 0.6) is 0 Å². The number of halogens is 1. The molecule has 0 aliphatic carbocycles. The van der Waals surface area contributed by atoms with Gasteiger partial charge in [0.2, 0.25) is 17.6 Å². The lowest BCUT2D eigenvalue weighted by Gasteiger charge is -2.44. The summed E-state index contributed by atoms with van der Waals surface area (Å²) in [4.78, 5) is 57.5. The average molecular weight is 578 g/mol. The monoisotopic (exact) mass is 577 g/mol. The second-order valence-electron chi connectivity index (χ2n) is 9.89. The van der Waals surface area contributed by atoms with Crippen molar-refractivity contribution in [3.05, 3.63) is 102 Å². The lowest BCUT2D eigenvalue weighted by Crippen LogP contribution is -2.72. The highest BCUT2D eigenvalue weighted by molar-refractivity contribution is 7.98. The number of ketones is 1. The number of hydrogen-bond donors (Lipinski definition) is 4. The molecule has 1 fully saturated rings. The van der Waals surface area contributed by atoms with E-state index in [-0.39, 0.29) is 36.4 Å². The van der Waals surface area contributed by atoms with Crippen LogP contribution in [0, 0.1) is 17.7 Å². The topological polar surface area (TPSA) is 143 Å². The number of carbonyl (C=O) groups excluding carboxylic acids is 4. The van der Waals surface area contributed by atoms with Crippen molar-refractivity contribution >= 4 is 35.3 Å². The number of thioether (sulfide) groups is 1. The van der Waals surface area contributed by atoms with E-state index in [2.05, 4.69) is 20.9 Å². The van der Waals surface area contributed by atoms with Gasteiger partial charge in [0.05, 0.1) is 11.5 Å². The van der Waals surface area contributed by atoms with Crippen LogP contribution < -0.4 is 21.7 Å². The molecule has 3 aromatic rings. The Morgan fingerprint density at radius 2 is 1.83 bits per heavy atom. The third kappa shape index (κ3) is 7.17. The maximum Gasteiger partial charge on any atom is 0.253 e. The van der Waals surface area contributed by atoms with Gasteiger partial charge in [-0.15, -0.1) is 0 Å². The second kappa shape index (κ2) is 13.5. The van der Waals surface area contributed by atoms with E-state index in [4.69, 9.17) is 5.73 Å². The molecule has 5 N–H and O–H groups in total. The first-order valence-corrected chi connectivity index (χ1v) is 14.5.